The van der Waals surface area contributed by atoms with E-state index in [1.807, 2.05) is 0 Å². The summed E-state index contributed by atoms with van der Waals surface area (Å²) in [6.07, 6.45) is 0. The minimum absolute atomic E-state index is 0.962. The first-order valence-corrected chi connectivity index (χ1v) is 14.2. The quantitative estimate of drug-likeness (QED) is 0.663. The standard InChI is InChI=1S/C12H19N2.C6H5.S.Sn/c1-13(2)9-11-6-5-7-12(8-11)10-14(3)4;1-2-4-6-5-3-1;;/h5-7H,9-10H2,1-4H3;1-5H;;. The van der Waals surface area contributed by atoms with E-state index < -0.39 is 17.8 Å². The van der Waals surface area contributed by atoms with Crippen molar-refractivity contribution >= 4 is 34.3 Å². The van der Waals surface area contributed by atoms with Gasteiger partial charge in [0.2, 0.25) is 0 Å². The zero-order chi connectivity index (χ0) is 16.1. The summed E-state index contributed by atoms with van der Waals surface area (Å²) in [7, 11) is 14.6. The van der Waals surface area contributed by atoms with Gasteiger partial charge in [-0.1, -0.05) is 0 Å². The van der Waals surface area contributed by atoms with Gasteiger partial charge >= 0.3 is 145 Å². The van der Waals surface area contributed by atoms with Crippen LogP contribution in [0.5, 0.6) is 0 Å². The van der Waals surface area contributed by atoms with Crippen LogP contribution in [-0.2, 0) is 13.1 Å². The number of hydrogen-bond donors (Lipinski definition) is 0. The van der Waals surface area contributed by atoms with Gasteiger partial charge in [0.05, 0.1) is 0 Å². The Kier molecular flexibility index (Phi) is 6.68. The number of rotatable bonds is 6. The van der Waals surface area contributed by atoms with Gasteiger partial charge in [0.15, 0.2) is 0 Å². The summed E-state index contributed by atoms with van der Waals surface area (Å²) in [5, 5.41) is 0. The zero-order valence-electron chi connectivity index (χ0n) is 13.8. The van der Waals surface area contributed by atoms with Gasteiger partial charge in [0, 0.05) is 0 Å². The summed E-state index contributed by atoms with van der Waals surface area (Å²) in [6.45, 7) is 1.92. The minimum atomic E-state index is -2.24. The SMILES string of the molecule is CN(C)Cc1cccc(CN(C)C)[c]1[Sn](=[S])[c]1ccccc1. The molecule has 0 amide bonds. The Morgan fingerprint density at radius 1 is 0.773 bits per heavy atom. The van der Waals surface area contributed by atoms with Crippen molar-refractivity contribution in [1.29, 1.82) is 0 Å². The molecule has 116 valence electrons. The third-order valence-corrected chi connectivity index (χ3v) is 12.0. The molecule has 2 aromatic carbocycles. The third kappa shape index (κ3) is 4.68. The normalized spacial score (nSPS) is 11.2. The Hall–Kier alpha value is -0.621. The fourth-order valence-corrected chi connectivity index (χ4v) is 10.1. The Balaban J connectivity index is 2.51. The van der Waals surface area contributed by atoms with Gasteiger partial charge < -0.3 is 0 Å². The Labute approximate surface area is 144 Å². The molecule has 2 rings (SSSR count). The van der Waals surface area contributed by atoms with Crippen LogP contribution in [0.25, 0.3) is 0 Å². The molecule has 0 aliphatic carbocycles. The van der Waals surface area contributed by atoms with Gasteiger partial charge in [-0.05, 0) is 0 Å². The summed E-state index contributed by atoms with van der Waals surface area (Å²) in [5.74, 6) is 0. The first kappa shape index (κ1) is 17.7. The average molecular weight is 419 g/mol. The molecule has 22 heavy (non-hydrogen) atoms. The molecule has 0 aliphatic heterocycles. The molecule has 0 radical (unpaired) electrons. The van der Waals surface area contributed by atoms with Crippen molar-refractivity contribution in [3.05, 3.63) is 59.7 Å². The molecular weight excluding hydrogens is 395 g/mol. The van der Waals surface area contributed by atoms with Gasteiger partial charge in [0.25, 0.3) is 0 Å². The summed E-state index contributed by atoms with van der Waals surface area (Å²) in [5.41, 5.74) is 2.83. The van der Waals surface area contributed by atoms with Crippen molar-refractivity contribution in [3.63, 3.8) is 0 Å². The first-order chi connectivity index (χ1) is 10.5. The van der Waals surface area contributed by atoms with E-state index in [0.717, 1.165) is 13.1 Å². The first-order valence-electron chi connectivity index (χ1n) is 7.49. The van der Waals surface area contributed by atoms with Crippen LogP contribution in [0.2, 0.25) is 0 Å². The molecule has 0 bridgehead atoms. The van der Waals surface area contributed by atoms with Crippen molar-refractivity contribution in [3.8, 4) is 0 Å². The van der Waals surface area contributed by atoms with E-state index in [0.29, 0.717) is 0 Å². The van der Waals surface area contributed by atoms with Crippen LogP contribution in [0.1, 0.15) is 11.1 Å². The zero-order valence-corrected chi connectivity index (χ0v) is 17.5. The maximum atomic E-state index is 6.11. The molecule has 0 saturated carbocycles. The molecule has 0 aromatic heterocycles. The van der Waals surface area contributed by atoms with Crippen LogP contribution in [0.15, 0.2) is 48.5 Å². The van der Waals surface area contributed by atoms with Gasteiger partial charge in [-0.25, -0.2) is 0 Å². The van der Waals surface area contributed by atoms with E-state index in [2.05, 4.69) is 86.5 Å². The molecule has 4 heteroatoms. The second-order valence-corrected chi connectivity index (χ2v) is 13.8. The maximum absolute atomic E-state index is 6.11. The van der Waals surface area contributed by atoms with Crippen molar-refractivity contribution in [2.45, 2.75) is 13.1 Å². The monoisotopic (exact) mass is 420 g/mol. The van der Waals surface area contributed by atoms with Gasteiger partial charge in [0.1, 0.15) is 0 Å². The third-order valence-electron chi connectivity index (χ3n) is 3.47. The molecule has 0 atom stereocenters. The van der Waals surface area contributed by atoms with E-state index in [9.17, 15) is 0 Å². The molecule has 0 spiro atoms. The van der Waals surface area contributed by atoms with Crippen LogP contribution in [-0.4, -0.2) is 55.8 Å². The summed E-state index contributed by atoms with van der Waals surface area (Å²) >= 11 is -2.24. The average Bonchev–Trinajstić information content (AvgIpc) is 2.46. The van der Waals surface area contributed by atoms with E-state index >= 15 is 0 Å². The van der Waals surface area contributed by atoms with Crippen molar-refractivity contribution in [2.75, 3.05) is 28.2 Å². The van der Waals surface area contributed by atoms with Crippen LogP contribution in [0, 0.1) is 0 Å². The molecule has 0 unspecified atom stereocenters. The molecule has 2 nitrogen and oxygen atoms in total. The number of benzene rings is 2. The summed E-state index contributed by atoms with van der Waals surface area (Å²) in [6, 6.07) is 17.4. The molecule has 0 fully saturated rings. The van der Waals surface area contributed by atoms with Gasteiger partial charge in [-0.3, -0.25) is 0 Å². The second kappa shape index (κ2) is 8.29. The molecular formula is C18H24N2SSn. The van der Waals surface area contributed by atoms with E-state index in [1.54, 1.807) is 0 Å². The van der Waals surface area contributed by atoms with E-state index in [4.69, 9.17) is 9.29 Å². The number of hydrogen-bond acceptors (Lipinski definition) is 3. The fraction of sp³-hybridized carbons (Fsp3) is 0.333. The van der Waals surface area contributed by atoms with Crippen LogP contribution >= 0.6 is 9.29 Å². The predicted molar refractivity (Wildman–Crippen MR) is 100 cm³/mol. The predicted octanol–water partition coefficient (Wildman–Crippen LogP) is 2.11. The molecule has 2 aromatic rings. The Morgan fingerprint density at radius 3 is 1.73 bits per heavy atom. The fourth-order valence-electron chi connectivity index (χ4n) is 2.62. The van der Waals surface area contributed by atoms with E-state index in [-0.39, 0.29) is 0 Å². The molecule has 0 heterocycles. The molecule has 0 saturated heterocycles. The van der Waals surface area contributed by atoms with Crippen LogP contribution in [0.4, 0.5) is 0 Å². The Bertz CT molecular complexity index is 611. The van der Waals surface area contributed by atoms with Crippen molar-refractivity contribution in [2.24, 2.45) is 0 Å². The van der Waals surface area contributed by atoms with Crippen LogP contribution < -0.4 is 7.16 Å². The van der Waals surface area contributed by atoms with Gasteiger partial charge in [-0.2, -0.15) is 0 Å². The van der Waals surface area contributed by atoms with Crippen LogP contribution in [0.3, 0.4) is 0 Å². The summed E-state index contributed by atoms with van der Waals surface area (Å²) < 4.78 is 2.89. The molecule has 0 aliphatic rings. The summed E-state index contributed by atoms with van der Waals surface area (Å²) in [4.78, 5) is 4.46. The number of nitrogens with zero attached hydrogens (tertiary/aromatic N) is 2. The van der Waals surface area contributed by atoms with Gasteiger partial charge in [-0.15, -0.1) is 0 Å². The van der Waals surface area contributed by atoms with Crippen molar-refractivity contribution in [1.82, 2.24) is 9.80 Å². The second-order valence-electron chi connectivity index (χ2n) is 6.12. The van der Waals surface area contributed by atoms with Crippen molar-refractivity contribution < 1.29 is 0 Å². The topological polar surface area (TPSA) is 6.48 Å². The van der Waals surface area contributed by atoms with E-state index in [1.165, 1.54) is 18.3 Å². The Morgan fingerprint density at radius 2 is 1.27 bits per heavy atom. The molecule has 0 N–H and O–H groups in total.